The lowest BCUT2D eigenvalue weighted by atomic mass is 10.2. The number of carbonyl (C=O) groups excluding carboxylic acids is 1. The molecule has 1 aromatic carbocycles. The summed E-state index contributed by atoms with van der Waals surface area (Å²) in [5, 5.41) is 9.49. The van der Waals surface area contributed by atoms with E-state index >= 15 is 0 Å². The molecular formula is C20H17FN4OS. The van der Waals surface area contributed by atoms with Gasteiger partial charge in [0.15, 0.2) is 5.82 Å². The Morgan fingerprint density at radius 3 is 2.56 bits per heavy atom. The van der Waals surface area contributed by atoms with E-state index in [-0.39, 0.29) is 11.7 Å². The summed E-state index contributed by atoms with van der Waals surface area (Å²) < 4.78 is 16.8. The van der Waals surface area contributed by atoms with E-state index in [0.717, 1.165) is 4.88 Å². The van der Waals surface area contributed by atoms with Crippen LogP contribution >= 0.6 is 11.3 Å². The predicted octanol–water partition coefficient (Wildman–Crippen LogP) is 4.10. The van der Waals surface area contributed by atoms with Crippen molar-refractivity contribution in [2.45, 2.75) is 13.5 Å². The van der Waals surface area contributed by atoms with E-state index in [1.54, 1.807) is 35.1 Å². The molecule has 0 saturated carbocycles. The Bertz CT molecular complexity index is 1050. The van der Waals surface area contributed by atoms with Crippen LogP contribution in [-0.2, 0) is 6.54 Å². The number of nitrogens with one attached hydrogen (secondary N) is 1. The van der Waals surface area contributed by atoms with Crippen LogP contribution in [0.4, 0.5) is 4.39 Å². The molecule has 0 radical (unpaired) electrons. The van der Waals surface area contributed by atoms with Crippen molar-refractivity contribution in [2.75, 3.05) is 0 Å². The first-order chi connectivity index (χ1) is 13.1. The largest absolute Gasteiger partial charge is 0.347 e. The van der Waals surface area contributed by atoms with Gasteiger partial charge in [0.25, 0.3) is 5.91 Å². The Morgan fingerprint density at radius 2 is 1.89 bits per heavy atom. The molecule has 0 aliphatic heterocycles. The molecule has 0 unspecified atom stereocenters. The average molecular weight is 380 g/mol. The number of nitrogens with zero attached hydrogens (tertiary/aromatic N) is 3. The van der Waals surface area contributed by atoms with Gasteiger partial charge in [-0.15, -0.1) is 11.3 Å². The molecule has 4 aromatic rings. The normalized spacial score (nSPS) is 10.9. The van der Waals surface area contributed by atoms with E-state index in [4.69, 9.17) is 0 Å². The Morgan fingerprint density at radius 1 is 1.15 bits per heavy atom. The third kappa shape index (κ3) is 3.41. The van der Waals surface area contributed by atoms with Gasteiger partial charge in [-0.05, 0) is 54.8 Å². The Balaban J connectivity index is 1.76. The van der Waals surface area contributed by atoms with Gasteiger partial charge in [0, 0.05) is 17.3 Å². The number of aromatic nitrogens is 3. The summed E-state index contributed by atoms with van der Waals surface area (Å²) in [5.41, 5.74) is 1.78. The predicted molar refractivity (Wildman–Crippen MR) is 103 cm³/mol. The van der Waals surface area contributed by atoms with E-state index in [9.17, 15) is 9.18 Å². The molecule has 7 heteroatoms. The van der Waals surface area contributed by atoms with Crippen LogP contribution in [-0.4, -0.2) is 20.3 Å². The van der Waals surface area contributed by atoms with Gasteiger partial charge in [0.05, 0.1) is 17.9 Å². The number of halogens is 1. The van der Waals surface area contributed by atoms with Crippen molar-refractivity contribution in [3.05, 3.63) is 88.3 Å². The fraction of sp³-hybridized carbons (Fsp3) is 0.100. The van der Waals surface area contributed by atoms with Crippen molar-refractivity contribution >= 4 is 17.2 Å². The Hall–Kier alpha value is -3.19. The summed E-state index contributed by atoms with van der Waals surface area (Å²) in [6.07, 6.45) is 3.71. The first-order valence-electron chi connectivity index (χ1n) is 8.43. The number of thiophene rings is 1. The third-order valence-electron chi connectivity index (χ3n) is 4.19. The number of hydrogen-bond acceptors (Lipinski definition) is 3. The van der Waals surface area contributed by atoms with Crippen molar-refractivity contribution < 1.29 is 9.18 Å². The van der Waals surface area contributed by atoms with Crippen molar-refractivity contribution in [3.63, 3.8) is 0 Å². The summed E-state index contributed by atoms with van der Waals surface area (Å²) >= 11 is 1.59. The van der Waals surface area contributed by atoms with Gasteiger partial charge >= 0.3 is 0 Å². The Kier molecular flexibility index (Phi) is 4.60. The van der Waals surface area contributed by atoms with Gasteiger partial charge < -0.3 is 9.88 Å². The molecule has 0 aliphatic rings. The molecule has 1 N–H and O–H groups in total. The molecule has 3 aromatic heterocycles. The monoisotopic (exact) mass is 380 g/mol. The zero-order valence-corrected chi connectivity index (χ0v) is 15.4. The molecule has 27 heavy (non-hydrogen) atoms. The minimum atomic E-state index is -0.320. The summed E-state index contributed by atoms with van der Waals surface area (Å²) in [7, 11) is 0. The number of benzene rings is 1. The Labute approximate surface area is 159 Å². The highest BCUT2D eigenvalue weighted by atomic mass is 32.1. The summed E-state index contributed by atoms with van der Waals surface area (Å²) in [5.74, 6) is 0.102. The molecule has 0 saturated heterocycles. The second-order valence-corrected chi connectivity index (χ2v) is 7.06. The fourth-order valence-electron chi connectivity index (χ4n) is 2.93. The van der Waals surface area contributed by atoms with E-state index < -0.39 is 0 Å². The van der Waals surface area contributed by atoms with E-state index in [2.05, 4.69) is 10.4 Å². The van der Waals surface area contributed by atoms with Gasteiger partial charge in [-0.25, -0.2) is 9.07 Å². The molecule has 0 bridgehead atoms. The molecule has 5 nitrogen and oxygen atoms in total. The van der Waals surface area contributed by atoms with Crippen LogP contribution in [0.25, 0.3) is 11.5 Å². The van der Waals surface area contributed by atoms with Crippen molar-refractivity contribution in [1.29, 1.82) is 0 Å². The molecule has 0 spiro atoms. The number of rotatable bonds is 5. The second kappa shape index (κ2) is 7.20. The summed E-state index contributed by atoms with van der Waals surface area (Å²) in [6, 6.07) is 13.7. The SMILES string of the molecule is Cc1nn(-c2ccc(F)cc2)c(-n2cccc2)c1C(=O)NCc1cccs1. The van der Waals surface area contributed by atoms with Crippen molar-refractivity contribution in [1.82, 2.24) is 19.7 Å². The topological polar surface area (TPSA) is 51.9 Å². The zero-order chi connectivity index (χ0) is 18.8. The summed E-state index contributed by atoms with van der Waals surface area (Å²) in [6.45, 7) is 2.26. The molecule has 0 fully saturated rings. The average Bonchev–Trinajstić information content (AvgIpc) is 3.41. The fourth-order valence-corrected chi connectivity index (χ4v) is 3.57. The quantitative estimate of drug-likeness (QED) is 0.567. The maximum atomic E-state index is 13.3. The van der Waals surface area contributed by atoms with Gasteiger partial charge in [0.1, 0.15) is 11.4 Å². The van der Waals surface area contributed by atoms with Crippen LogP contribution in [0.5, 0.6) is 0 Å². The second-order valence-electron chi connectivity index (χ2n) is 6.02. The standard InChI is InChI=1S/C20H17FN4OS/c1-14-18(19(26)22-13-17-5-4-12-27-17)20(24-10-2-3-11-24)25(23-14)16-8-6-15(21)7-9-16/h2-12H,13H2,1H3,(H,22,26). The minimum absolute atomic E-state index is 0.196. The molecule has 0 aliphatic carbocycles. The molecule has 1 amide bonds. The molecule has 136 valence electrons. The van der Waals surface area contributed by atoms with Crippen molar-refractivity contribution in [2.24, 2.45) is 0 Å². The summed E-state index contributed by atoms with van der Waals surface area (Å²) in [4.78, 5) is 14.0. The highest BCUT2D eigenvalue weighted by Crippen LogP contribution is 2.23. The number of hydrogen-bond donors (Lipinski definition) is 1. The van der Waals surface area contributed by atoms with Crippen LogP contribution in [0.2, 0.25) is 0 Å². The van der Waals surface area contributed by atoms with Crippen LogP contribution in [0.1, 0.15) is 20.9 Å². The van der Waals surface area contributed by atoms with E-state index in [1.165, 1.54) is 12.1 Å². The maximum Gasteiger partial charge on any atom is 0.257 e. The van der Waals surface area contributed by atoms with Crippen LogP contribution in [0, 0.1) is 12.7 Å². The number of carbonyl (C=O) groups is 1. The maximum absolute atomic E-state index is 13.3. The smallest absolute Gasteiger partial charge is 0.257 e. The molecular weight excluding hydrogens is 363 g/mol. The lowest BCUT2D eigenvalue weighted by Crippen LogP contribution is -2.24. The van der Waals surface area contributed by atoms with Crippen LogP contribution < -0.4 is 5.32 Å². The number of amides is 1. The highest BCUT2D eigenvalue weighted by molar-refractivity contribution is 7.09. The number of aryl methyl sites for hydroxylation is 1. The van der Waals surface area contributed by atoms with Gasteiger partial charge in [-0.2, -0.15) is 5.10 Å². The van der Waals surface area contributed by atoms with E-state index in [0.29, 0.717) is 29.3 Å². The third-order valence-corrected chi connectivity index (χ3v) is 5.06. The van der Waals surface area contributed by atoms with Gasteiger partial charge in [-0.1, -0.05) is 6.07 Å². The first kappa shape index (κ1) is 17.2. The molecule has 0 atom stereocenters. The van der Waals surface area contributed by atoms with Gasteiger partial charge in [-0.3, -0.25) is 4.79 Å². The zero-order valence-electron chi connectivity index (χ0n) is 14.6. The lowest BCUT2D eigenvalue weighted by Gasteiger charge is -2.11. The van der Waals surface area contributed by atoms with Crippen molar-refractivity contribution in [3.8, 4) is 11.5 Å². The highest BCUT2D eigenvalue weighted by Gasteiger charge is 2.23. The van der Waals surface area contributed by atoms with Gasteiger partial charge in [0.2, 0.25) is 0 Å². The lowest BCUT2D eigenvalue weighted by molar-refractivity contribution is 0.0950. The van der Waals surface area contributed by atoms with Crippen LogP contribution in [0.3, 0.4) is 0 Å². The first-order valence-corrected chi connectivity index (χ1v) is 9.31. The minimum Gasteiger partial charge on any atom is -0.347 e. The van der Waals surface area contributed by atoms with Crippen LogP contribution in [0.15, 0.2) is 66.3 Å². The molecule has 4 rings (SSSR count). The molecule has 3 heterocycles. The van der Waals surface area contributed by atoms with E-state index in [1.807, 2.05) is 46.6 Å².